The van der Waals surface area contributed by atoms with Crippen LogP contribution in [0.5, 0.6) is 0 Å². The molecule has 8 heteroatoms. The van der Waals surface area contributed by atoms with Crippen molar-refractivity contribution in [3.05, 3.63) is 35.4 Å². The number of likely N-dealkylation sites (tertiary alicyclic amines) is 1. The Hall–Kier alpha value is -2.06. The van der Waals surface area contributed by atoms with Crippen molar-refractivity contribution in [2.75, 3.05) is 26.2 Å². The molecule has 0 radical (unpaired) electrons. The second kappa shape index (κ2) is 6.21. The number of benzene rings is 1. The molecule has 1 aromatic rings. The number of imide groups is 1. The number of carbonyl (C=O) groups is 2. The Kier molecular flexibility index (Phi) is 4.27. The Labute approximate surface area is 131 Å². The molecule has 6 nitrogen and oxygen atoms in total. The fourth-order valence-electron chi connectivity index (χ4n) is 3.12. The summed E-state index contributed by atoms with van der Waals surface area (Å²) in [5, 5.41) is 12.4. The number of β-amino-alcohol motifs (C(OH)–C–C–N with tert-alkyl or cyclic N) is 1. The zero-order chi connectivity index (χ0) is 16.6. The van der Waals surface area contributed by atoms with Gasteiger partial charge in [-0.15, -0.1) is 0 Å². The van der Waals surface area contributed by atoms with Gasteiger partial charge in [0.05, 0.1) is 12.6 Å². The van der Waals surface area contributed by atoms with Crippen LogP contribution in [0.25, 0.3) is 0 Å². The number of carbonyl (C=O) groups excluding carboxylic acids is 2. The number of rotatable bonds is 3. The minimum absolute atomic E-state index is 0.111. The Balaban J connectivity index is 1.78. The molecule has 2 aliphatic heterocycles. The Bertz CT molecular complexity index is 640. The van der Waals surface area contributed by atoms with Gasteiger partial charge in [0.15, 0.2) is 0 Å². The van der Waals surface area contributed by atoms with Crippen molar-refractivity contribution in [2.45, 2.75) is 18.6 Å². The van der Waals surface area contributed by atoms with E-state index in [1.54, 1.807) is 4.90 Å². The van der Waals surface area contributed by atoms with E-state index in [4.69, 9.17) is 0 Å². The third-order valence-corrected chi connectivity index (χ3v) is 4.19. The molecular weight excluding hydrogens is 308 g/mol. The van der Waals surface area contributed by atoms with Gasteiger partial charge in [0.2, 0.25) is 5.91 Å². The van der Waals surface area contributed by atoms with Crippen molar-refractivity contribution in [1.82, 2.24) is 15.1 Å². The van der Waals surface area contributed by atoms with Crippen LogP contribution in [0.4, 0.5) is 13.6 Å². The maximum atomic E-state index is 14.0. The third kappa shape index (κ3) is 3.18. The molecule has 2 atom stereocenters. The number of urea groups is 1. The summed E-state index contributed by atoms with van der Waals surface area (Å²) in [4.78, 5) is 26.4. The summed E-state index contributed by atoms with van der Waals surface area (Å²) in [5.74, 6) is -1.58. The van der Waals surface area contributed by atoms with Crippen LogP contribution in [0.2, 0.25) is 0 Å². The van der Waals surface area contributed by atoms with Crippen LogP contribution in [-0.4, -0.2) is 59.1 Å². The highest BCUT2D eigenvalue weighted by Gasteiger charge is 2.37. The minimum Gasteiger partial charge on any atom is -0.392 e. The topological polar surface area (TPSA) is 72.9 Å². The van der Waals surface area contributed by atoms with Gasteiger partial charge in [-0.05, 0) is 24.6 Å². The van der Waals surface area contributed by atoms with Gasteiger partial charge in [0, 0.05) is 31.2 Å². The molecule has 2 N–H and O–H groups in total. The number of aliphatic hydroxyl groups excluding tert-OH is 1. The first-order valence-electron chi connectivity index (χ1n) is 7.41. The van der Waals surface area contributed by atoms with E-state index in [-0.39, 0.29) is 31.6 Å². The van der Waals surface area contributed by atoms with Crippen molar-refractivity contribution >= 4 is 11.9 Å². The van der Waals surface area contributed by atoms with E-state index in [1.807, 2.05) is 0 Å². The average molecular weight is 325 g/mol. The molecule has 0 unspecified atom stereocenters. The van der Waals surface area contributed by atoms with Gasteiger partial charge in [-0.3, -0.25) is 14.6 Å². The lowest BCUT2D eigenvalue weighted by Crippen LogP contribution is -2.42. The van der Waals surface area contributed by atoms with Crippen LogP contribution in [-0.2, 0) is 4.79 Å². The Morgan fingerprint density at radius 1 is 1.39 bits per heavy atom. The van der Waals surface area contributed by atoms with E-state index in [1.165, 1.54) is 0 Å². The molecule has 0 saturated carbocycles. The standard InChI is InChI=1S/C15H17F2N3O3/c16-9-1-2-12(17)11(5-9)13-6-10(21)7-19(13)8-14(22)20-4-3-18-15(20)23/h1-2,5,10,13,21H,3-4,6-8H2,(H,18,23)/t10-,13-/m0/s1. The number of nitrogens with zero attached hydrogens (tertiary/aromatic N) is 2. The van der Waals surface area contributed by atoms with E-state index in [9.17, 15) is 23.5 Å². The predicted octanol–water partition coefficient (Wildman–Crippen LogP) is 0.624. The highest BCUT2D eigenvalue weighted by molar-refractivity contribution is 5.96. The molecule has 0 aliphatic carbocycles. The van der Waals surface area contributed by atoms with Gasteiger partial charge >= 0.3 is 6.03 Å². The van der Waals surface area contributed by atoms with Crippen LogP contribution < -0.4 is 5.32 Å². The third-order valence-electron chi connectivity index (χ3n) is 4.19. The lowest BCUT2D eigenvalue weighted by atomic mass is 10.0. The van der Waals surface area contributed by atoms with Gasteiger partial charge in [0.25, 0.3) is 0 Å². The molecule has 2 fully saturated rings. The largest absolute Gasteiger partial charge is 0.392 e. The Morgan fingerprint density at radius 2 is 2.17 bits per heavy atom. The molecule has 2 aliphatic rings. The first kappa shape index (κ1) is 15.8. The van der Waals surface area contributed by atoms with Crippen molar-refractivity contribution < 1.29 is 23.5 Å². The molecule has 0 bridgehead atoms. The summed E-state index contributed by atoms with van der Waals surface area (Å²) < 4.78 is 27.4. The van der Waals surface area contributed by atoms with E-state index < -0.39 is 35.7 Å². The summed E-state index contributed by atoms with van der Waals surface area (Å²) in [6.45, 7) is 0.717. The first-order chi connectivity index (χ1) is 11.0. The molecule has 0 aromatic heterocycles. The van der Waals surface area contributed by atoms with Crippen LogP contribution in [0, 0.1) is 11.6 Å². The number of aliphatic hydroxyl groups is 1. The van der Waals surface area contributed by atoms with E-state index >= 15 is 0 Å². The SMILES string of the molecule is O=C(CN1C[C@@H](O)C[C@H]1c1cc(F)ccc1F)N1CCNC1=O. The van der Waals surface area contributed by atoms with Gasteiger partial charge in [-0.25, -0.2) is 13.6 Å². The summed E-state index contributed by atoms with van der Waals surface area (Å²) in [5.41, 5.74) is 0.111. The number of nitrogens with one attached hydrogen (secondary N) is 1. The van der Waals surface area contributed by atoms with Crippen LogP contribution in [0.1, 0.15) is 18.0 Å². The molecular formula is C15H17F2N3O3. The van der Waals surface area contributed by atoms with Gasteiger partial charge in [-0.1, -0.05) is 0 Å². The smallest absolute Gasteiger partial charge is 0.324 e. The molecule has 3 rings (SSSR count). The van der Waals surface area contributed by atoms with Gasteiger partial charge in [0.1, 0.15) is 11.6 Å². The summed E-state index contributed by atoms with van der Waals surface area (Å²) in [6.07, 6.45) is -0.525. The summed E-state index contributed by atoms with van der Waals surface area (Å²) >= 11 is 0. The molecule has 23 heavy (non-hydrogen) atoms. The maximum absolute atomic E-state index is 14.0. The fourth-order valence-corrected chi connectivity index (χ4v) is 3.12. The molecule has 0 spiro atoms. The highest BCUT2D eigenvalue weighted by atomic mass is 19.1. The zero-order valence-corrected chi connectivity index (χ0v) is 12.3. The van der Waals surface area contributed by atoms with Gasteiger partial charge < -0.3 is 10.4 Å². The maximum Gasteiger partial charge on any atom is 0.324 e. The lowest BCUT2D eigenvalue weighted by molar-refractivity contribution is -0.129. The van der Waals surface area contributed by atoms with E-state index in [2.05, 4.69) is 5.32 Å². The zero-order valence-electron chi connectivity index (χ0n) is 12.3. The number of hydrogen-bond acceptors (Lipinski definition) is 4. The second-order valence-electron chi connectivity index (χ2n) is 5.78. The molecule has 124 valence electrons. The molecule has 2 heterocycles. The summed E-state index contributed by atoms with van der Waals surface area (Å²) in [6, 6.07) is 2.08. The van der Waals surface area contributed by atoms with E-state index in [0.29, 0.717) is 6.54 Å². The van der Waals surface area contributed by atoms with Crippen molar-refractivity contribution in [3.8, 4) is 0 Å². The number of halogens is 2. The highest BCUT2D eigenvalue weighted by Crippen LogP contribution is 2.33. The number of hydrogen-bond donors (Lipinski definition) is 2. The predicted molar refractivity (Wildman–Crippen MR) is 76.4 cm³/mol. The quantitative estimate of drug-likeness (QED) is 0.855. The van der Waals surface area contributed by atoms with Gasteiger partial charge in [-0.2, -0.15) is 0 Å². The fraction of sp³-hybridized carbons (Fsp3) is 0.467. The molecule has 2 saturated heterocycles. The average Bonchev–Trinajstić information content (AvgIpc) is 3.07. The lowest BCUT2D eigenvalue weighted by Gasteiger charge is -2.25. The monoisotopic (exact) mass is 325 g/mol. The Morgan fingerprint density at radius 3 is 2.87 bits per heavy atom. The minimum atomic E-state index is -0.733. The van der Waals surface area contributed by atoms with Crippen molar-refractivity contribution in [3.63, 3.8) is 0 Å². The molecule has 3 amide bonds. The van der Waals surface area contributed by atoms with Crippen LogP contribution in [0.15, 0.2) is 18.2 Å². The second-order valence-corrected chi connectivity index (χ2v) is 5.78. The first-order valence-corrected chi connectivity index (χ1v) is 7.41. The van der Waals surface area contributed by atoms with Crippen molar-refractivity contribution in [1.29, 1.82) is 0 Å². The molecule has 1 aromatic carbocycles. The number of amides is 3. The van der Waals surface area contributed by atoms with Crippen LogP contribution >= 0.6 is 0 Å². The van der Waals surface area contributed by atoms with Crippen LogP contribution in [0.3, 0.4) is 0 Å². The normalized spacial score (nSPS) is 25.0. The van der Waals surface area contributed by atoms with E-state index in [0.717, 1.165) is 23.1 Å². The summed E-state index contributed by atoms with van der Waals surface area (Å²) in [7, 11) is 0. The van der Waals surface area contributed by atoms with Crippen molar-refractivity contribution in [2.24, 2.45) is 0 Å².